The number of carbonyl (C=O) groups excluding carboxylic acids is 1. The molecule has 0 aliphatic rings. The Kier molecular flexibility index (Phi) is 4.25. The molecular formula is C13H17N5O. The van der Waals surface area contributed by atoms with E-state index in [0.29, 0.717) is 13.0 Å². The molecule has 6 heteroatoms. The lowest BCUT2D eigenvalue weighted by Crippen LogP contribution is -2.16. The van der Waals surface area contributed by atoms with E-state index in [-0.39, 0.29) is 5.91 Å². The normalized spacial score (nSPS) is 10.4. The van der Waals surface area contributed by atoms with E-state index in [0.717, 1.165) is 23.6 Å². The van der Waals surface area contributed by atoms with Crippen LogP contribution in [0, 0.1) is 0 Å². The van der Waals surface area contributed by atoms with Crippen molar-refractivity contribution in [1.82, 2.24) is 14.8 Å². The van der Waals surface area contributed by atoms with Crippen molar-refractivity contribution in [3.8, 4) is 11.4 Å². The van der Waals surface area contributed by atoms with Gasteiger partial charge in [-0.1, -0.05) is 12.1 Å². The molecule has 1 aromatic carbocycles. The molecule has 0 saturated heterocycles. The van der Waals surface area contributed by atoms with Crippen molar-refractivity contribution >= 4 is 11.6 Å². The molecular weight excluding hydrogens is 242 g/mol. The van der Waals surface area contributed by atoms with E-state index >= 15 is 0 Å². The summed E-state index contributed by atoms with van der Waals surface area (Å²) in [6.45, 7) is 3.17. The van der Waals surface area contributed by atoms with Gasteiger partial charge in [-0.3, -0.25) is 4.79 Å². The van der Waals surface area contributed by atoms with Crippen LogP contribution in [0.3, 0.4) is 0 Å². The molecule has 2 rings (SSSR count). The molecule has 100 valence electrons. The molecule has 0 saturated carbocycles. The zero-order valence-corrected chi connectivity index (χ0v) is 10.8. The maximum absolute atomic E-state index is 11.5. The van der Waals surface area contributed by atoms with Crippen LogP contribution in [0.1, 0.15) is 13.3 Å². The summed E-state index contributed by atoms with van der Waals surface area (Å²) in [6, 6.07) is 7.53. The summed E-state index contributed by atoms with van der Waals surface area (Å²) >= 11 is 0. The van der Waals surface area contributed by atoms with Gasteiger partial charge in [-0.2, -0.15) is 0 Å². The van der Waals surface area contributed by atoms with Crippen LogP contribution >= 0.6 is 0 Å². The maximum Gasteiger partial charge on any atom is 0.225 e. The number of nitrogens with one attached hydrogen (secondary N) is 1. The quantitative estimate of drug-likeness (QED) is 0.846. The Bertz CT molecular complexity index is 564. The maximum atomic E-state index is 11.5. The molecule has 6 nitrogen and oxygen atoms in total. The number of hydrogen-bond acceptors (Lipinski definition) is 4. The summed E-state index contributed by atoms with van der Waals surface area (Å²) in [6.07, 6.45) is 2.00. The number of carbonyl (C=O) groups is 1. The van der Waals surface area contributed by atoms with Crippen LogP contribution in [-0.4, -0.2) is 27.2 Å². The van der Waals surface area contributed by atoms with E-state index < -0.39 is 0 Å². The summed E-state index contributed by atoms with van der Waals surface area (Å²) in [4.78, 5) is 11.5. The van der Waals surface area contributed by atoms with Crippen molar-refractivity contribution < 1.29 is 4.79 Å². The molecule has 0 unspecified atom stereocenters. The van der Waals surface area contributed by atoms with E-state index in [1.807, 2.05) is 35.8 Å². The van der Waals surface area contributed by atoms with Crippen LogP contribution < -0.4 is 11.1 Å². The van der Waals surface area contributed by atoms with Crippen molar-refractivity contribution in [2.45, 2.75) is 19.9 Å². The molecule has 0 radical (unpaired) electrons. The van der Waals surface area contributed by atoms with E-state index in [2.05, 4.69) is 15.5 Å². The predicted molar refractivity (Wildman–Crippen MR) is 73.4 cm³/mol. The van der Waals surface area contributed by atoms with E-state index in [4.69, 9.17) is 5.73 Å². The standard InChI is InChI=1S/C13H17N5O/c1-2-18-9-15-17-13(18)10-4-3-5-11(8-10)16-12(19)6-7-14/h3-5,8-9H,2,6-7,14H2,1H3,(H,16,19). The zero-order valence-electron chi connectivity index (χ0n) is 10.8. The molecule has 0 aliphatic carbocycles. The third-order valence-corrected chi connectivity index (χ3v) is 2.73. The van der Waals surface area contributed by atoms with Crippen LogP contribution in [0.25, 0.3) is 11.4 Å². The molecule has 0 aliphatic heterocycles. The molecule has 1 aromatic heterocycles. The second-order valence-corrected chi connectivity index (χ2v) is 4.11. The number of anilines is 1. The first-order valence-corrected chi connectivity index (χ1v) is 6.22. The SMILES string of the molecule is CCn1cnnc1-c1cccc(NC(=O)CCN)c1. The van der Waals surface area contributed by atoms with Gasteiger partial charge in [0.25, 0.3) is 0 Å². The number of rotatable bonds is 5. The second-order valence-electron chi connectivity index (χ2n) is 4.11. The average molecular weight is 259 g/mol. The lowest BCUT2D eigenvalue weighted by atomic mass is 10.2. The van der Waals surface area contributed by atoms with Crippen LogP contribution in [0.15, 0.2) is 30.6 Å². The number of aryl methyl sites for hydroxylation is 1. The first-order valence-electron chi connectivity index (χ1n) is 6.22. The fourth-order valence-electron chi connectivity index (χ4n) is 1.80. The molecule has 0 atom stereocenters. The summed E-state index contributed by atoms with van der Waals surface area (Å²) in [5, 5.41) is 10.8. The zero-order chi connectivity index (χ0) is 13.7. The Morgan fingerprint density at radius 3 is 3.05 bits per heavy atom. The van der Waals surface area contributed by atoms with Gasteiger partial charge in [-0.05, 0) is 19.1 Å². The summed E-state index contributed by atoms with van der Waals surface area (Å²) < 4.78 is 1.95. The van der Waals surface area contributed by atoms with Gasteiger partial charge in [0.15, 0.2) is 5.82 Å². The smallest absolute Gasteiger partial charge is 0.225 e. The first-order chi connectivity index (χ1) is 9.24. The highest BCUT2D eigenvalue weighted by molar-refractivity contribution is 5.91. The number of hydrogen-bond donors (Lipinski definition) is 2. The molecule has 19 heavy (non-hydrogen) atoms. The van der Waals surface area contributed by atoms with Crippen molar-refractivity contribution in [2.24, 2.45) is 5.73 Å². The molecule has 1 heterocycles. The third-order valence-electron chi connectivity index (χ3n) is 2.73. The largest absolute Gasteiger partial charge is 0.330 e. The Hall–Kier alpha value is -2.21. The lowest BCUT2D eigenvalue weighted by Gasteiger charge is -2.07. The van der Waals surface area contributed by atoms with Crippen molar-refractivity contribution in [1.29, 1.82) is 0 Å². The minimum Gasteiger partial charge on any atom is -0.330 e. The minimum atomic E-state index is -0.0865. The van der Waals surface area contributed by atoms with Gasteiger partial charge in [0.1, 0.15) is 6.33 Å². The summed E-state index contributed by atoms with van der Waals surface area (Å²) in [5.41, 5.74) is 7.00. The highest BCUT2D eigenvalue weighted by atomic mass is 16.1. The molecule has 3 N–H and O–H groups in total. The Morgan fingerprint density at radius 1 is 1.47 bits per heavy atom. The minimum absolute atomic E-state index is 0.0865. The first kappa shape index (κ1) is 13.2. The van der Waals surface area contributed by atoms with Crippen molar-refractivity contribution in [3.63, 3.8) is 0 Å². The molecule has 1 amide bonds. The van der Waals surface area contributed by atoms with E-state index in [1.165, 1.54) is 0 Å². The molecule has 0 fully saturated rings. The predicted octanol–water partition coefficient (Wildman–Crippen LogP) is 1.25. The fraction of sp³-hybridized carbons (Fsp3) is 0.308. The van der Waals surface area contributed by atoms with E-state index in [1.54, 1.807) is 6.33 Å². The topological polar surface area (TPSA) is 85.8 Å². The van der Waals surface area contributed by atoms with Gasteiger partial charge in [-0.15, -0.1) is 10.2 Å². The lowest BCUT2D eigenvalue weighted by molar-refractivity contribution is -0.116. The average Bonchev–Trinajstić information content (AvgIpc) is 2.87. The highest BCUT2D eigenvalue weighted by Crippen LogP contribution is 2.20. The van der Waals surface area contributed by atoms with Gasteiger partial charge in [-0.25, -0.2) is 0 Å². The molecule has 2 aromatic rings. The van der Waals surface area contributed by atoms with Crippen LogP contribution in [0.4, 0.5) is 5.69 Å². The summed E-state index contributed by atoms with van der Waals surface area (Å²) in [7, 11) is 0. The van der Waals surface area contributed by atoms with Gasteiger partial charge >= 0.3 is 0 Å². The Morgan fingerprint density at radius 2 is 2.32 bits per heavy atom. The van der Waals surface area contributed by atoms with Gasteiger partial charge in [0, 0.05) is 30.8 Å². The fourth-order valence-corrected chi connectivity index (χ4v) is 1.80. The number of nitrogens with zero attached hydrogens (tertiary/aromatic N) is 3. The van der Waals surface area contributed by atoms with Gasteiger partial charge in [0.05, 0.1) is 0 Å². The number of benzene rings is 1. The highest BCUT2D eigenvalue weighted by Gasteiger charge is 2.07. The Labute approximate surface area is 111 Å². The van der Waals surface area contributed by atoms with Crippen LogP contribution in [0.5, 0.6) is 0 Å². The second kappa shape index (κ2) is 6.10. The van der Waals surface area contributed by atoms with Crippen LogP contribution in [-0.2, 0) is 11.3 Å². The van der Waals surface area contributed by atoms with Crippen molar-refractivity contribution in [3.05, 3.63) is 30.6 Å². The number of aromatic nitrogens is 3. The molecule has 0 bridgehead atoms. The van der Waals surface area contributed by atoms with E-state index in [9.17, 15) is 4.79 Å². The molecule has 0 spiro atoms. The van der Waals surface area contributed by atoms with Crippen LogP contribution in [0.2, 0.25) is 0 Å². The number of nitrogens with two attached hydrogens (primary N) is 1. The number of amides is 1. The van der Waals surface area contributed by atoms with Crippen molar-refractivity contribution in [2.75, 3.05) is 11.9 Å². The summed E-state index contributed by atoms with van der Waals surface area (Å²) in [5.74, 6) is 0.703. The Balaban J connectivity index is 2.22. The third kappa shape index (κ3) is 3.17. The monoisotopic (exact) mass is 259 g/mol. The van der Waals surface area contributed by atoms with Gasteiger partial charge in [0.2, 0.25) is 5.91 Å². The van der Waals surface area contributed by atoms with Gasteiger partial charge < -0.3 is 15.6 Å².